The average Bonchev–Trinajstić information content (AvgIpc) is 3.44. The van der Waals surface area contributed by atoms with E-state index in [0.29, 0.717) is 0 Å². The minimum atomic E-state index is -0.148. The molecule has 0 aliphatic heterocycles. The summed E-state index contributed by atoms with van der Waals surface area (Å²) in [7, 11) is 0. The van der Waals surface area contributed by atoms with Gasteiger partial charge in [0.25, 0.3) is 0 Å². The molecule has 0 atom stereocenters. The molecule has 1 aromatic carbocycles. The lowest BCUT2D eigenvalue weighted by molar-refractivity contribution is 0.109. The molecule has 0 N–H and O–H groups in total. The van der Waals surface area contributed by atoms with Gasteiger partial charge in [-0.2, -0.15) is 0 Å². The normalized spacial score (nSPS) is 13.1. The van der Waals surface area contributed by atoms with E-state index in [1.54, 1.807) is 11.3 Å². The second-order valence-electron chi connectivity index (χ2n) is 10.9. The third-order valence-electron chi connectivity index (χ3n) is 6.20. The molecule has 5 rings (SSSR count). The Hall–Kier alpha value is -1.18. The Morgan fingerprint density at radius 2 is 1.33 bits per heavy atom. The van der Waals surface area contributed by atoms with Crippen molar-refractivity contribution in [3.8, 4) is 9.75 Å². The van der Waals surface area contributed by atoms with Crippen LogP contribution in [0.25, 0.3) is 40.0 Å². The molecule has 0 saturated heterocycles. The topological polar surface area (TPSA) is 17.1 Å². The number of carbonyl (C=O) groups excluding carboxylic acids is 1. The van der Waals surface area contributed by atoms with E-state index in [-0.39, 0.29) is 15.9 Å². The number of thiol groups is 1. The molecule has 0 radical (unpaired) electrons. The molecule has 5 aromatic rings. The fourth-order valence-corrected chi connectivity index (χ4v) is 9.87. The van der Waals surface area contributed by atoms with Gasteiger partial charge in [0.15, 0.2) is 0 Å². The summed E-state index contributed by atoms with van der Waals surface area (Å²) in [5.74, 6) is 0. The van der Waals surface area contributed by atoms with E-state index in [1.807, 2.05) is 34.0 Å². The Bertz CT molecular complexity index is 1510. The SMILES string of the molecule is Cc1c2cc(C(C)(C)C)sc2c(C)c2cc(-c3sc(C(C)(C)C)c4sc(C(=O)S)cc34)sc12. The zero-order valence-corrected chi connectivity index (χ0v) is 24.4. The van der Waals surface area contributed by atoms with E-state index in [1.165, 1.54) is 60.9 Å². The van der Waals surface area contributed by atoms with Gasteiger partial charge in [0, 0.05) is 29.4 Å². The number of hydrogen-bond donors (Lipinski definition) is 1. The molecule has 172 valence electrons. The Labute approximate surface area is 216 Å². The lowest BCUT2D eigenvalue weighted by Crippen LogP contribution is -2.08. The lowest BCUT2D eigenvalue weighted by atomic mass is 9.93. The zero-order valence-electron chi connectivity index (χ0n) is 20.2. The predicted octanol–water partition coefficient (Wildman–Crippen LogP) is 10.3. The van der Waals surface area contributed by atoms with Gasteiger partial charge in [0.2, 0.25) is 5.12 Å². The first kappa shape index (κ1) is 23.6. The zero-order chi connectivity index (χ0) is 24.0. The Morgan fingerprint density at radius 1 is 0.727 bits per heavy atom. The van der Waals surface area contributed by atoms with Gasteiger partial charge in [-0.1, -0.05) is 54.2 Å². The first-order chi connectivity index (χ1) is 15.3. The molecule has 0 spiro atoms. The molecular weight excluding hydrogens is 501 g/mol. The standard InChI is InChI=1S/C27H28OS5/c1-12-14-9-17(30-20(14)13(2)15-11-19(26(3,4)5)32-21(12)15)22-16-10-18(25(28)29)31-23(16)24(33-22)27(6,7)8/h9-11H,1-8H3,(H,28,29). The number of rotatable bonds is 2. The third kappa shape index (κ3) is 3.73. The van der Waals surface area contributed by atoms with E-state index < -0.39 is 0 Å². The highest BCUT2D eigenvalue weighted by Gasteiger charge is 2.27. The maximum atomic E-state index is 12.0. The van der Waals surface area contributed by atoms with Crippen LogP contribution >= 0.6 is 58.0 Å². The first-order valence-corrected chi connectivity index (χ1v) is 14.8. The summed E-state index contributed by atoms with van der Waals surface area (Å²) in [6, 6.07) is 6.84. The molecule has 0 amide bonds. The molecule has 1 nitrogen and oxygen atoms in total. The third-order valence-corrected chi connectivity index (χ3v) is 12.6. The summed E-state index contributed by atoms with van der Waals surface area (Å²) in [5.41, 5.74) is 2.95. The smallest absolute Gasteiger partial charge is 0.226 e. The van der Waals surface area contributed by atoms with Gasteiger partial charge in [-0.15, -0.1) is 45.3 Å². The fraction of sp³-hybridized carbons (Fsp3) is 0.370. The van der Waals surface area contributed by atoms with Crippen LogP contribution in [-0.2, 0) is 10.8 Å². The van der Waals surface area contributed by atoms with Gasteiger partial charge >= 0.3 is 0 Å². The highest BCUT2D eigenvalue weighted by Crippen LogP contribution is 2.51. The van der Waals surface area contributed by atoms with E-state index in [0.717, 1.165) is 4.88 Å². The predicted molar refractivity (Wildman–Crippen MR) is 156 cm³/mol. The number of hydrogen-bond acceptors (Lipinski definition) is 5. The maximum absolute atomic E-state index is 12.0. The van der Waals surface area contributed by atoms with Crippen molar-refractivity contribution in [3.63, 3.8) is 0 Å². The van der Waals surface area contributed by atoms with Crippen LogP contribution < -0.4 is 0 Å². The molecule has 33 heavy (non-hydrogen) atoms. The van der Waals surface area contributed by atoms with Crippen LogP contribution in [0.4, 0.5) is 0 Å². The molecule has 4 heterocycles. The monoisotopic (exact) mass is 528 g/mol. The van der Waals surface area contributed by atoms with Crippen LogP contribution in [0.3, 0.4) is 0 Å². The van der Waals surface area contributed by atoms with Crippen molar-refractivity contribution in [2.24, 2.45) is 0 Å². The molecule has 0 aliphatic rings. The number of fused-ring (bicyclic) bond motifs is 3. The van der Waals surface area contributed by atoms with Gasteiger partial charge in [-0.05, 0) is 64.8 Å². The Balaban J connectivity index is 1.79. The van der Waals surface area contributed by atoms with Crippen LogP contribution in [0, 0.1) is 13.8 Å². The van der Waals surface area contributed by atoms with Crippen LogP contribution in [0.15, 0.2) is 18.2 Å². The van der Waals surface area contributed by atoms with Crippen LogP contribution in [-0.4, -0.2) is 5.12 Å². The molecule has 0 fully saturated rings. The van der Waals surface area contributed by atoms with E-state index >= 15 is 0 Å². The van der Waals surface area contributed by atoms with Crippen LogP contribution in [0.1, 0.15) is 72.1 Å². The summed E-state index contributed by atoms with van der Waals surface area (Å²) in [5, 5.41) is 3.81. The first-order valence-electron chi connectivity index (χ1n) is 11.0. The molecule has 6 heteroatoms. The quantitative estimate of drug-likeness (QED) is 0.225. The van der Waals surface area contributed by atoms with Crippen molar-refractivity contribution >= 4 is 93.3 Å². The van der Waals surface area contributed by atoms with E-state index in [2.05, 4.69) is 86.2 Å². The average molecular weight is 529 g/mol. The Morgan fingerprint density at radius 3 is 1.91 bits per heavy atom. The highest BCUT2D eigenvalue weighted by molar-refractivity contribution is 7.97. The van der Waals surface area contributed by atoms with Crippen molar-refractivity contribution in [3.05, 3.63) is 44.0 Å². The highest BCUT2D eigenvalue weighted by atomic mass is 32.1. The second kappa shape index (κ2) is 7.66. The number of thiophene rings is 4. The molecule has 0 bridgehead atoms. The summed E-state index contributed by atoms with van der Waals surface area (Å²) in [6.07, 6.45) is 0. The van der Waals surface area contributed by atoms with Gasteiger partial charge < -0.3 is 0 Å². The van der Waals surface area contributed by atoms with Gasteiger partial charge in [0.1, 0.15) is 0 Å². The van der Waals surface area contributed by atoms with Crippen molar-refractivity contribution < 1.29 is 4.79 Å². The summed E-state index contributed by atoms with van der Waals surface area (Å²) in [4.78, 5) is 18.1. The number of aryl methyl sites for hydroxylation is 2. The molecule has 0 saturated carbocycles. The minimum absolute atomic E-state index is 0.0252. The van der Waals surface area contributed by atoms with Crippen molar-refractivity contribution in [1.29, 1.82) is 0 Å². The van der Waals surface area contributed by atoms with Crippen molar-refractivity contribution in [2.75, 3.05) is 0 Å². The number of benzene rings is 1. The lowest BCUT2D eigenvalue weighted by Gasteiger charge is -2.16. The van der Waals surface area contributed by atoms with Crippen molar-refractivity contribution in [2.45, 2.75) is 66.2 Å². The summed E-state index contributed by atoms with van der Waals surface area (Å²) >= 11 is 11.4. The van der Waals surface area contributed by atoms with Gasteiger partial charge in [-0.25, -0.2) is 0 Å². The Kier molecular flexibility index (Phi) is 5.47. The molecule has 0 aliphatic carbocycles. The molecular formula is C27H28OS5. The maximum Gasteiger partial charge on any atom is 0.226 e. The van der Waals surface area contributed by atoms with Crippen LogP contribution in [0.5, 0.6) is 0 Å². The van der Waals surface area contributed by atoms with E-state index in [4.69, 9.17) is 0 Å². The molecule has 0 unspecified atom stereocenters. The van der Waals surface area contributed by atoms with Gasteiger partial charge in [-0.3, -0.25) is 4.79 Å². The van der Waals surface area contributed by atoms with E-state index in [9.17, 15) is 4.79 Å². The van der Waals surface area contributed by atoms with Crippen LogP contribution in [0.2, 0.25) is 0 Å². The second-order valence-corrected chi connectivity index (χ2v) is 15.5. The largest absolute Gasteiger partial charge is 0.281 e. The molecule has 4 aromatic heterocycles. The number of carbonyl (C=O) groups is 1. The fourth-order valence-electron chi connectivity index (χ4n) is 4.34. The van der Waals surface area contributed by atoms with Gasteiger partial charge in [0.05, 0.1) is 14.5 Å². The van der Waals surface area contributed by atoms with Crippen molar-refractivity contribution in [1.82, 2.24) is 0 Å². The summed E-state index contributed by atoms with van der Waals surface area (Å²) in [6.45, 7) is 18.2. The summed E-state index contributed by atoms with van der Waals surface area (Å²) < 4.78 is 4.04. The minimum Gasteiger partial charge on any atom is -0.281 e.